The molecule has 0 unspecified atom stereocenters. The molecule has 0 N–H and O–H groups in total. The van der Waals surface area contributed by atoms with Crippen molar-refractivity contribution >= 4 is 10.0 Å². The fourth-order valence-electron chi connectivity index (χ4n) is 3.16. The zero-order valence-corrected chi connectivity index (χ0v) is 15.9. The average Bonchev–Trinajstić information content (AvgIpc) is 2.63. The summed E-state index contributed by atoms with van der Waals surface area (Å²) in [5.74, 6) is -0.163. The maximum atomic E-state index is 12.9. The molecule has 2 aromatic rings. The molecule has 0 saturated carbocycles. The molecule has 1 saturated heterocycles. The van der Waals surface area contributed by atoms with Crippen molar-refractivity contribution in [3.63, 3.8) is 0 Å². The van der Waals surface area contributed by atoms with Gasteiger partial charge in [-0.05, 0) is 36.6 Å². The van der Waals surface area contributed by atoms with Gasteiger partial charge in [-0.25, -0.2) is 12.8 Å². The largest absolute Gasteiger partial charge is 0.300 e. The van der Waals surface area contributed by atoms with Crippen LogP contribution >= 0.6 is 0 Å². The van der Waals surface area contributed by atoms with Gasteiger partial charge in [-0.3, -0.25) is 0 Å². The SMILES string of the molecule is Cc1ccc(CS(=O)(=O)N2CCN(CCc3ccc(F)cc3)CC2)cc1. The lowest BCUT2D eigenvalue weighted by Gasteiger charge is -2.34. The van der Waals surface area contributed by atoms with Gasteiger partial charge in [0.25, 0.3) is 0 Å². The van der Waals surface area contributed by atoms with Crippen LogP contribution in [-0.4, -0.2) is 50.3 Å². The smallest absolute Gasteiger partial charge is 0.218 e. The Morgan fingerprint density at radius 3 is 2.08 bits per heavy atom. The predicted molar refractivity (Wildman–Crippen MR) is 102 cm³/mol. The van der Waals surface area contributed by atoms with Crippen molar-refractivity contribution < 1.29 is 12.8 Å². The summed E-state index contributed by atoms with van der Waals surface area (Å²) in [5.41, 5.74) is 3.05. The minimum absolute atomic E-state index is 0.0584. The van der Waals surface area contributed by atoms with Crippen molar-refractivity contribution in [1.82, 2.24) is 9.21 Å². The Morgan fingerprint density at radius 2 is 1.46 bits per heavy atom. The second-order valence-corrected chi connectivity index (χ2v) is 8.83. The Bertz CT molecular complexity index is 812. The Morgan fingerprint density at radius 1 is 0.885 bits per heavy atom. The van der Waals surface area contributed by atoms with Crippen molar-refractivity contribution in [3.05, 3.63) is 71.0 Å². The molecule has 1 aliphatic heterocycles. The van der Waals surface area contributed by atoms with Crippen LogP contribution in [0, 0.1) is 12.7 Å². The van der Waals surface area contributed by atoms with Crippen LogP contribution in [0.1, 0.15) is 16.7 Å². The first kappa shape index (κ1) is 19.0. The molecule has 0 aliphatic carbocycles. The fraction of sp³-hybridized carbons (Fsp3) is 0.400. The number of halogens is 1. The summed E-state index contributed by atoms with van der Waals surface area (Å²) in [5, 5.41) is 0. The molecule has 0 radical (unpaired) electrons. The number of rotatable bonds is 6. The second-order valence-electron chi connectivity index (χ2n) is 6.86. The molecule has 0 atom stereocenters. The molecule has 0 spiro atoms. The lowest BCUT2D eigenvalue weighted by atomic mass is 10.1. The summed E-state index contributed by atoms with van der Waals surface area (Å²) in [7, 11) is -3.28. The van der Waals surface area contributed by atoms with Gasteiger partial charge in [0.15, 0.2) is 0 Å². The number of sulfonamides is 1. The van der Waals surface area contributed by atoms with Crippen LogP contribution in [0.25, 0.3) is 0 Å². The van der Waals surface area contributed by atoms with E-state index in [9.17, 15) is 12.8 Å². The van der Waals surface area contributed by atoms with Gasteiger partial charge in [-0.1, -0.05) is 42.0 Å². The summed E-state index contributed by atoms with van der Waals surface area (Å²) in [6.07, 6.45) is 0.844. The van der Waals surface area contributed by atoms with Crippen molar-refractivity contribution in [3.8, 4) is 0 Å². The maximum absolute atomic E-state index is 12.9. The molecule has 6 heteroatoms. The Hall–Kier alpha value is -1.76. The van der Waals surface area contributed by atoms with Gasteiger partial charge in [0.1, 0.15) is 5.82 Å². The van der Waals surface area contributed by atoms with Gasteiger partial charge in [-0.15, -0.1) is 0 Å². The van der Waals surface area contributed by atoms with Crippen molar-refractivity contribution in [1.29, 1.82) is 0 Å². The van der Waals surface area contributed by atoms with Crippen LogP contribution in [0.3, 0.4) is 0 Å². The molecule has 0 bridgehead atoms. The number of hydrogen-bond donors (Lipinski definition) is 0. The molecule has 26 heavy (non-hydrogen) atoms. The number of aryl methyl sites for hydroxylation is 1. The average molecular weight is 376 g/mol. The van der Waals surface area contributed by atoms with Gasteiger partial charge in [0.2, 0.25) is 10.0 Å². The van der Waals surface area contributed by atoms with Crippen LogP contribution in [0.15, 0.2) is 48.5 Å². The van der Waals surface area contributed by atoms with E-state index in [0.29, 0.717) is 13.1 Å². The van der Waals surface area contributed by atoms with E-state index in [-0.39, 0.29) is 11.6 Å². The molecule has 1 heterocycles. The molecule has 3 rings (SSSR count). The lowest BCUT2D eigenvalue weighted by Crippen LogP contribution is -2.49. The molecule has 0 amide bonds. The predicted octanol–water partition coefficient (Wildman–Crippen LogP) is 2.82. The fourth-order valence-corrected chi connectivity index (χ4v) is 4.67. The zero-order chi connectivity index (χ0) is 18.6. The number of piperazine rings is 1. The second kappa shape index (κ2) is 8.29. The summed E-state index contributed by atoms with van der Waals surface area (Å²) >= 11 is 0. The molecule has 1 aliphatic rings. The molecule has 1 fully saturated rings. The molecular formula is C20H25FN2O2S. The third-order valence-corrected chi connectivity index (χ3v) is 6.67. The van der Waals surface area contributed by atoms with Gasteiger partial charge < -0.3 is 4.90 Å². The number of nitrogens with zero attached hydrogens (tertiary/aromatic N) is 2. The van der Waals surface area contributed by atoms with E-state index in [1.165, 1.54) is 12.1 Å². The summed E-state index contributed by atoms with van der Waals surface area (Å²) < 4.78 is 39.8. The normalized spacial score (nSPS) is 16.7. The first-order chi connectivity index (χ1) is 12.4. The van der Waals surface area contributed by atoms with Crippen LogP contribution in [-0.2, 0) is 22.2 Å². The van der Waals surface area contributed by atoms with E-state index in [0.717, 1.165) is 42.7 Å². The van der Waals surface area contributed by atoms with E-state index < -0.39 is 10.0 Å². The Balaban J connectivity index is 1.49. The van der Waals surface area contributed by atoms with Gasteiger partial charge in [-0.2, -0.15) is 4.31 Å². The highest BCUT2D eigenvalue weighted by atomic mass is 32.2. The molecule has 2 aromatic carbocycles. The van der Waals surface area contributed by atoms with E-state index in [1.54, 1.807) is 16.4 Å². The first-order valence-electron chi connectivity index (χ1n) is 8.92. The Labute approximate surface area is 155 Å². The van der Waals surface area contributed by atoms with Crippen molar-refractivity contribution in [2.24, 2.45) is 0 Å². The van der Waals surface area contributed by atoms with E-state index >= 15 is 0 Å². The van der Waals surface area contributed by atoms with E-state index in [2.05, 4.69) is 4.90 Å². The zero-order valence-electron chi connectivity index (χ0n) is 15.1. The summed E-state index contributed by atoms with van der Waals surface area (Å²) in [4.78, 5) is 2.27. The molecule has 4 nitrogen and oxygen atoms in total. The summed E-state index contributed by atoms with van der Waals surface area (Å²) in [6, 6.07) is 14.2. The first-order valence-corrected chi connectivity index (χ1v) is 10.5. The van der Waals surface area contributed by atoms with Crippen LogP contribution in [0.2, 0.25) is 0 Å². The monoisotopic (exact) mass is 376 g/mol. The third kappa shape index (κ3) is 5.13. The van der Waals surface area contributed by atoms with E-state index in [4.69, 9.17) is 0 Å². The van der Waals surface area contributed by atoms with Gasteiger partial charge in [0, 0.05) is 32.7 Å². The number of benzene rings is 2. The topological polar surface area (TPSA) is 40.6 Å². The van der Waals surface area contributed by atoms with Crippen LogP contribution in [0.4, 0.5) is 4.39 Å². The quantitative estimate of drug-likeness (QED) is 0.778. The lowest BCUT2D eigenvalue weighted by molar-refractivity contribution is 0.190. The van der Waals surface area contributed by atoms with Crippen LogP contribution < -0.4 is 0 Å². The highest BCUT2D eigenvalue weighted by Gasteiger charge is 2.26. The Kier molecular flexibility index (Phi) is 6.06. The standard InChI is InChI=1S/C20H25FN2O2S/c1-17-2-4-19(5-3-17)16-26(24,25)23-14-12-22(13-15-23)11-10-18-6-8-20(21)9-7-18/h2-9H,10-16H2,1H3. The van der Waals surface area contributed by atoms with Gasteiger partial charge in [0.05, 0.1) is 5.75 Å². The summed E-state index contributed by atoms with van der Waals surface area (Å²) in [6.45, 7) is 5.36. The van der Waals surface area contributed by atoms with E-state index in [1.807, 2.05) is 31.2 Å². The van der Waals surface area contributed by atoms with Crippen LogP contribution in [0.5, 0.6) is 0 Å². The van der Waals surface area contributed by atoms with Gasteiger partial charge >= 0.3 is 0 Å². The number of hydrogen-bond acceptors (Lipinski definition) is 3. The molecule has 140 valence electrons. The van der Waals surface area contributed by atoms with Crippen molar-refractivity contribution in [2.45, 2.75) is 19.1 Å². The minimum atomic E-state index is -3.28. The maximum Gasteiger partial charge on any atom is 0.218 e. The molecular weight excluding hydrogens is 351 g/mol. The van der Waals surface area contributed by atoms with Crippen molar-refractivity contribution in [2.75, 3.05) is 32.7 Å². The third-order valence-electron chi connectivity index (χ3n) is 4.82. The highest BCUT2D eigenvalue weighted by molar-refractivity contribution is 7.88. The highest BCUT2D eigenvalue weighted by Crippen LogP contribution is 2.15. The minimum Gasteiger partial charge on any atom is -0.300 e. The molecule has 0 aromatic heterocycles.